The second kappa shape index (κ2) is 10.8. The smallest absolute Gasteiger partial charge is 0.318 e. The third kappa shape index (κ3) is 5.42. The van der Waals surface area contributed by atoms with E-state index < -0.39 is 10.7 Å². The Balaban J connectivity index is 1.86. The fraction of sp³-hybridized carbons (Fsp3) is 0.143. The van der Waals surface area contributed by atoms with Crippen molar-refractivity contribution in [3.05, 3.63) is 82.5 Å². The molecule has 0 amide bonds. The van der Waals surface area contributed by atoms with Gasteiger partial charge in [-0.3, -0.25) is 19.6 Å². The molecule has 0 aliphatic carbocycles. The maximum Gasteiger partial charge on any atom is 0.318 e. The van der Waals surface area contributed by atoms with E-state index in [9.17, 15) is 14.9 Å². The van der Waals surface area contributed by atoms with Crippen LogP contribution in [0.15, 0.2) is 30.5 Å². The zero-order valence-corrected chi connectivity index (χ0v) is 21.2. The molecule has 0 aliphatic rings. The van der Waals surface area contributed by atoms with Crippen molar-refractivity contribution in [2.24, 2.45) is 7.05 Å². The highest BCUT2D eigenvalue weighted by atomic mass is 35.5. The normalized spacial score (nSPS) is 11.1. The van der Waals surface area contributed by atoms with Crippen LogP contribution in [-0.2, 0) is 13.7 Å². The zero-order chi connectivity index (χ0) is 25.2. The Morgan fingerprint density at radius 1 is 1.12 bits per heavy atom. The van der Waals surface area contributed by atoms with Crippen LogP contribution in [0.1, 0.15) is 21.6 Å². The Morgan fingerprint density at radius 2 is 1.74 bits per heavy atom. The topological polar surface area (TPSA) is 96.5 Å². The fourth-order valence-electron chi connectivity index (χ4n) is 2.91. The summed E-state index contributed by atoms with van der Waals surface area (Å²) in [4.78, 5) is 22.9. The van der Waals surface area contributed by atoms with Crippen molar-refractivity contribution in [3.63, 3.8) is 0 Å². The van der Waals surface area contributed by atoms with Crippen LogP contribution in [-0.4, -0.2) is 27.6 Å². The minimum absolute atomic E-state index is 0.00126. The monoisotopic (exact) mass is 563 g/mol. The van der Waals surface area contributed by atoms with Gasteiger partial charge in [-0.2, -0.15) is 5.10 Å². The predicted octanol–water partition coefficient (Wildman–Crippen LogP) is 7.08. The second-order valence-corrected chi connectivity index (χ2v) is 8.64. The lowest BCUT2D eigenvalue weighted by molar-refractivity contribution is -0.385. The Kier molecular flexibility index (Phi) is 8.33. The number of halogens is 5. The molecule has 0 aliphatic heterocycles. The lowest BCUT2D eigenvalue weighted by Crippen LogP contribution is -2.02. The van der Waals surface area contributed by atoms with Crippen molar-refractivity contribution < 1.29 is 19.2 Å². The molecule has 13 heteroatoms. The van der Waals surface area contributed by atoms with Crippen LogP contribution in [0.25, 0.3) is 6.08 Å². The summed E-state index contributed by atoms with van der Waals surface area (Å²) in [6, 6.07) is 5.04. The third-order valence-corrected chi connectivity index (χ3v) is 6.75. The lowest BCUT2D eigenvalue weighted by Gasteiger charge is -2.15. The minimum atomic E-state index is -0.664. The number of rotatable bonds is 8. The van der Waals surface area contributed by atoms with Crippen molar-refractivity contribution in [2.75, 3.05) is 7.11 Å². The van der Waals surface area contributed by atoms with Gasteiger partial charge in [-0.05, 0) is 23.8 Å². The predicted molar refractivity (Wildman–Crippen MR) is 132 cm³/mol. The Bertz CT molecular complexity index is 1290. The number of nitrogens with zero attached hydrogens (tertiary/aromatic N) is 3. The Labute approximate surface area is 218 Å². The Hall–Kier alpha value is -2.49. The van der Waals surface area contributed by atoms with Gasteiger partial charge in [-0.15, -0.1) is 0 Å². The number of carbonyl (C=O) groups is 1. The molecule has 2 aromatic carbocycles. The van der Waals surface area contributed by atoms with E-state index in [1.165, 1.54) is 31.0 Å². The first-order valence-electron chi connectivity index (χ1n) is 9.26. The highest BCUT2D eigenvalue weighted by Gasteiger charge is 2.23. The van der Waals surface area contributed by atoms with Gasteiger partial charge in [0.25, 0.3) is 0 Å². The largest absolute Gasteiger partial charge is 0.496 e. The highest BCUT2D eigenvalue weighted by Crippen LogP contribution is 2.48. The molecule has 8 nitrogen and oxygen atoms in total. The molecule has 1 heterocycles. The van der Waals surface area contributed by atoms with E-state index in [2.05, 4.69) is 5.10 Å². The summed E-state index contributed by atoms with van der Waals surface area (Å²) in [5.74, 6) is -0.0875. The first kappa shape index (κ1) is 26.1. The molecule has 1 aromatic heterocycles. The van der Waals surface area contributed by atoms with Crippen LogP contribution >= 0.6 is 58.0 Å². The molecule has 0 saturated carbocycles. The molecule has 0 radical (unpaired) electrons. The van der Waals surface area contributed by atoms with E-state index in [4.69, 9.17) is 67.5 Å². The highest BCUT2D eigenvalue weighted by molar-refractivity contribution is 6.55. The van der Waals surface area contributed by atoms with E-state index >= 15 is 0 Å². The number of aryl methyl sites for hydroxylation is 1. The van der Waals surface area contributed by atoms with Gasteiger partial charge < -0.3 is 9.47 Å². The van der Waals surface area contributed by atoms with Gasteiger partial charge in [0.05, 0.1) is 27.1 Å². The maximum absolute atomic E-state index is 12.5. The summed E-state index contributed by atoms with van der Waals surface area (Å²) in [6.07, 6.45) is 3.84. The quantitative estimate of drug-likeness (QED) is 0.0723. The minimum Gasteiger partial charge on any atom is -0.496 e. The van der Waals surface area contributed by atoms with Crippen LogP contribution in [0.5, 0.6) is 11.5 Å². The maximum atomic E-state index is 12.5. The van der Waals surface area contributed by atoms with Gasteiger partial charge in [0.2, 0.25) is 11.5 Å². The molecule has 34 heavy (non-hydrogen) atoms. The van der Waals surface area contributed by atoms with Gasteiger partial charge >= 0.3 is 5.69 Å². The zero-order valence-electron chi connectivity index (χ0n) is 17.4. The molecule has 0 fully saturated rings. The van der Waals surface area contributed by atoms with Crippen molar-refractivity contribution in [3.8, 4) is 11.5 Å². The molecule has 0 unspecified atom stereocenters. The van der Waals surface area contributed by atoms with E-state index in [1.54, 1.807) is 18.2 Å². The number of ketones is 1. The average molecular weight is 566 g/mol. The van der Waals surface area contributed by atoms with Crippen LogP contribution in [0, 0.1) is 10.1 Å². The number of hydrogen-bond donors (Lipinski definition) is 0. The van der Waals surface area contributed by atoms with Gasteiger partial charge in [-0.25, -0.2) is 0 Å². The number of allylic oxidation sites excluding steroid dienone is 1. The summed E-state index contributed by atoms with van der Waals surface area (Å²) in [6.45, 7) is -0.0434. The summed E-state index contributed by atoms with van der Waals surface area (Å²) in [5, 5.41) is 15.0. The molecule has 0 spiro atoms. The van der Waals surface area contributed by atoms with Crippen LogP contribution in [0.4, 0.5) is 5.69 Å². The van der Waals surface area contributed by atoms with Crippen molar-refractivity contribution >= 4 is 75.6 Å². The summed E-state index contributed by atoms with van der Waals surface area (Å²) < 4.78 is 12.3. The second-order valence-electron chi connectivity index (χ2n) is 6.75. The number of methoxy groups -OCH3 is 1. The number of nitro groups is 1. The lowest BCUT2D eigenvalue weighted by atomic mass is 10.1. The standard InChI is InChI=1S/C21H14Cl5N3O5/c1-28-8-12(29(31)32)20(27-28)13(30)5-3-10-4-6-14(33-2)11(7-10)9-34-21-18(25)16(23)15(22)17(24)19(21)26/h3-8H,9H2,1-2H3/b5-3+. The first-order valence-corrected chi connectivity index (χ1v) is 11.2. The van der Waals surface area contributed by atoms with Crippen molar-refractivity contribution in [1.82, 2.24) is 9.78 Å². The number of benzene rings is 2. The van der Waals surface area contributed by atoms with Crippen LogP contribution < -0.4 is 9.47 Å². The summed E-state index contributed by atoms with van der Waals surface area (Å²) in [7, 11) is 2.97. The van der Waals surface area contributed by atoms with Gasteiger partial charge in [0, 0.05) is 12.6 Å². The van der Waals surface area contributed by atoms with Crippen LogP contribution in [0.3, 0.4) is 0 Å². The molecular formula is C21H14Cl5N3O5. The SMILES string of the molecule is COc1ccc(/C=C/C(=O)c2nn(C)cc2[N+](=O)[O-])cc1COc1c(Cl)c(Cl)c(Cl)c(Cl)c1Cl. The Morgan fingerprint density at radius 3 is 2.32 bits per heavy atom. The summed E-state index contributed by atoms with van der Waals surface area (Å²) in [5.41, 5.74) is 0.530. The molecule has 178 valence electrons. The summed E-state index contributed by atoms with van der Waals surface area (Å²) >= 11 is 30.6. The molecule has 3 aromatic rings. The molecular weight excluding hydrogens is 552 g/mol. The molecule has 0 saturated heterocycles. The van der Waals surface area contributed by atoms with Gasteiger partial charge in [-0.1, -0.05) is 70.1 Å². The molecule has 0 N–H and O–H groups in total. The fourth-order valence-corrected chi connectivity index (χ4v) is 4.14. The number of carbonyl (C=O) groups excluding carboxylic acids is 1. The van der Waals surface area contributed by atoms with Crippen LogP contribution in [0.2, 0.25) is 25.1 Å². The molecule has 0 atom stereocenters. The number of aromatic nitrogens is 2. The number of ether oxygens (including phenoxy) is 2. The van der Waals surface area contributed by atoms with Gasteiger partial charge in [0.1, 0.15) is 28.6 Å². The average Bonchev–Trinajstić information content (AvgIpc) is 3.22. The van der Waals surface area contributed by atoms with E-state index in [-0.39, 0.29) is 48.9 Å². The van der Waals surface area contributed by atoms with Crippen molar-refractivity contribution in [1.29, 1.82) is 0 Å². The van der Waals surface area contributed by atoms with E-state index in [0.29, 0.717) is 16.9 Å². The van der Waals surface area contributed by atoms with Gasteiger partial charge in [0.15, 0.2) is 5.75 Å². The van der Waals surface area contributed by atoms with Crippen molar-refractivity contribution in [2.45, 2.75) is 6.61 Å². The van der Waals surface area contributed by atoms with E-state index in [0.717, 1.165) is 6.20 Å². The number of hydrogen-bond acceptors (Lipinski definition) is 6. The molecule has 3 rings (SSSR count). The van der Waals surface area contributed by atoms with E-state index in [1.807, 2.05) is 0 Å². The first-order chi connectivity index (χ1) is 16.0. The third-order valence-electron chi connectivity index (χ3n) is 4.51. The molecule has 0 bridgehead atoms.